The maximum atomic E-state index is 6.41. The first-order valence-electron chi connectivity index (χ1n) is 9.51. The predicted octanol–water partition coefficient (Wildman–Crippen LogP) is 5.48. The molecule has 3 nitrogen and oxygen atoms in total. The van der Waals surface area contributed by atoms with Crippen molar-refractivity contribution >= 4 is 29.5 Å². The highest BCUT2D eigenvalue weighted by Crippen LogP contribution is 2.44. The molecule has 0 N–H and O–H groups in total. The molecule has 0 aromatic rings. The second kappa shape index (κ2) is 11.3. The van der Waals surface area contributed by atoms with Gasteiger partial charge in [-0.3, -0.25) is 0 Å². The number of hydrogen-bond acceptors (Lipinski definition) is 4. The first kappa shape index (κ1) is 23.7. The maximum absolute atomic E-state index is 6.41. The molecule has 0 amide bonds. The predicted molar refractivity (Wildman–Crippen MR) is 109 cm³/mol. The molecule has 1 atom stereocenters. The van der Waals surface area contributed by atoms with E-state index in [1.165, 1.54) is 18.1 Å². The van der Waals surface area contributed by atoms with Gasteiger partial charge >= 0.3 is 8.80 Å². The summed E-state index contributed by atoms with van der Waals surface area (Å²) in [6.07, 6.45) is 2.92. The monoisotopic (exact) mass is 380 g/mol. The molecule has 140 valence electrons. The molecule has 23 heavy (non-hydrogen) atoms. The van der Waals surface area contributed by atoms with E-state index >= 15 is 0 Å². The zero-order valence-electron chi connectivity index (χ0n) is 16.5. The van der Waals surface area contributed by atoms with E-state index in [0.29, 0.717) is 19.8 Å². The van der Waals surface area contributed by atoms with E-state index in [1.54, 1.807) is 0 Å². The van der Waals surface area contributed by atoms with Crippen molar-refractivity contribution in [2.45, 2.75) is 89.9 Å². The molecular formula is C17H40O3SSi2. The topological polar surface area (TPSA) is 27.7 Å². The van der Waals surface area contributed by atoms with Gasteiger partial charge in [0.2, 0.25) is 0 Å². The SMILES string of the molecule is CCCO[Si](OCCC)(OCCC)[C@@](C)(S)[Si](CC)(CC)CC. The van der Waals surface area contributed by atoms with Crippen LogP contribution >= 0.6 is 12.6 Å². The van der Waals surface area contributed by atoms with E-state index in [1.807, 2.05) is 0 Å². The van der Waals surface area contributed by atoms with Gasteiger partial charge in [-0.1, -0.05) is 59.7 Å². The highest BCUT2D eigenvalue weighted by Gasteiger charge is 2.65. The Morgan fingerprint density at radius 3 is 1.22 bits per heavy atom. The van der Waals surface area contributed by atoms with Gasteiger partial charge in [-0.25, -0.2) is 0 Å². The molecule has 0 saturated carbocycles. The molecule has 0 radical (unpaired) electrons. The number of thiol groups is 1. The summed E-state index contributed by atoms with van der Waals surface area (Å²) in [5.74, 6) is 0. The molecule has 0 aliphatic rings. The van der Waals surface area contributed by atoms with Crippen molar-refractivity contribution in [3.8, 4) is 0 Å². The van der Waals surface area contributed by atoms with Gasteiger partial charge in [0.25, 0.3) is 0 Å². The van der Waals surface area contributed by atoms with Gasteiger partial charge in [0.1, 0.15) is 0 Å². The summed E-state index contributed by atoms with van der Waals surface area (Å²) in [5, 5.41) is 0. The molecule has 0 aliphatic carbocycles. The second-order valence-corrected chi connectivity index (χ2v) is 17.4. The molecule has 0 aromatic heterocycles. The van der Waals surface area contributed by atoms with E-state index in [2.05, 4.69) is 48.5 Å². The van der Waals surface area contributed by atoms with E-state index < -0.39 is 16.9 Å². The molecule has 0 spiro atoms. The minimum absolute atomic E-state index is 0.266. The molecule has 0 unspecified atom stereocenters. The molecule has 6 heteroatoms. The lowest BCUT2D eigenvalue weighted by Gasteiger charge is -2.50. The van der Waals surface area contributed by atoms with Crippen LogP contribution < -0.4 is 0 Å². The lowest BCUT2D eigenvalue weighted by Crippen LogP contribution is -2.72. The van der Waals surface area contributed by atoms with Crippen LogP contribution in [0, 0.1) is 0 Å². The molecule has 0 aromatic carbocycles. The normalized spacial score (nSPS) is 15.7. The fraction of sp³-hybridized carbons (Fsp3) is 1.00. The van der Waals surface area contributed by atoms with Gasteiger partial charge in [0.15, 0.2) is 0 Å². The van der Waals surface area contributed by atoms with Crippen molar-refractivity contribution in [1.29, 1.82) is 0 Å². The van der Waals surface area contributed by atoms with Crippen LogP contribution in [0.1, 0.15) is 67.7 Å². The van der Waals surface area contributed by atoms with Crippen molar-refractivity contribution in [3.63, 3.8) is 0 Å². The summed E-state index contributed by atoms with van der Waals surface area (Å²) in [4.78, 5) is 0. The first-order valence-corrected chi connectivity index (χ1v) is 14.3. The first-order chi connectivity index (χ1) is 10.9. The minimum Gasteiger partial charge on any atom is -0.373 e. The molecule has 0 saturated heterocycles. The van der Waals surface area contributed by atoms with Crippen molar-refractivity contribution < 1.29 is 13.3 Å². The van der Waals surface area contributed by atoms with Crippen LogP contribution in [0.25, 0.3) is 0 Å². The largest absolute Gasteiger partial charge is 0.514 e. The standard InChI is InChI=1S/C17H40O3SSi2/c1-8-14-18-23(19-15-9-2,20-16-10-3)17(7,21)22(11-4,12-5)13-6/h21H,8-16H2,1-7H3/t17-/m0/s1. The van der Waals surface area contributed by atoms with Crippen molar-refractivity contribution in [1.82, 2.24) is 0 Å². The molecule has 0 fully saturated rings. The van der Waals surface area contributed by atoms with Crippen LogP contribution in [0.15, 0.2) is 0 Å². The van der Waals surface area contributed by atoms with Crippen molar-refractivity contribution in [2.75, 3.05) is 19.8 Å². The summed E-state index contributed by atoms with van der Waals surface area (Å²) < 4.78 is 19.0. The molecule has 0 rings (SSSR count). The second-order valence-electron chi connectivity index (χ2n) is 6.51. The average Bonchev–Trinajstić information content (AvgIpc) is 2.56. The molecular weight excluding hydrogens is 340 g/mol. The van der Waals surface area contributed by atoms with E-state index in [0.717, 1.165) is 19.3 Å². The Morgan fingerprint density at radius 1 is 0.696 bits per heavy atom. The molecule has 0 aliphatic heterocycles. The van der Waals surface area contributed by atoms with E-state index in [9.17, 15) is 0 Å². The third-order valence-corrected chi connectivity index (χ3v) is 19.0. The summed E-state index contributed by atoms with van der Waals surface area (Å²) in [6, 6.07) is 3.57. The highest BCUT2D eigenvalue weighted by atomic mass is 32.1. The van der Waals surface area contributed by atoms with Gasteiger partial charge < -0.3 is 13.3 Å². The smallest absolute Gasteiger partial charge is 0.373 e. The Hall–Kier alpha value is 0.664. The third kappa shape index (κ3) is 5.32. The van der Waals surface area contributed by atoms with Crippen LogP contribution in [-0.2, 0) is 13.3 Å². The third-order valence-electron chi connectivity index (χ3n) is 5.15. The van der Waals surface area contributed by atoms with E-state index in [4.69, 9.17) is 25.9 Å². The summed E-state index contributed by atoms with van der Waals surface area (Å²) in [7, 11) is -4.54. The zero-order valence-corrected chi connectivity index (χ0v) is 19.4. The zero-order chi connectivity index (χ0) is 18.0. The van der Waals surface area contributed by atoms with E-state index in [-0.39, 0.29) is 3.99 Å². The fourth-order valence-corrected chi connectivity index (χ4v) is 16.3. The Bertz CT molecular complexity index is 280. The fourth-order valence-electron chi connectivity index (χ4n) is 3.36. The summed E-state index contributed by atoms with van der Waals surface area (Å²) in [6.45, 7) is 17.7. The highest BCUT2D eigenvalue weighted by molar-refractivity contribution is 7.86. The van der Waals surface area contributed by atoms with Gasteiger partial charge in [0.05, 0.1) is 12.1 Å². The lowest BCUT2D eigenvalue weighted by atomic mass is 10.5. The van der Waals surface area contributed by atoms with Crippen molar-refractivity contribution in [3.05, 3.63) is 0 Å². The average molecular weight is 381 g/mol. The number of hydrogen-bond donors (Lipinski definition) is 1. The van der Waals surface area contributed by atoms with Gasteiger partial charge in [-0.15, -0.1) is 0 Å². The Balaban J connectivity index is 5.88. The molecule has 0 bridgehead atoms. The van der Waals surface area contributed by atoms with Gasteiger partial charge in [-0.05, 0) is 26.2 Å². The van der Waals surface area contributed by atoms with Crippen LogP contribution in [0.2, 0.25) is 18.1 Å². The minimum atomic E-state index is -2.86. The Labute approximate surface area is 152 Å². The van der Waals surface area contributed by atoms with Crippen LogP contribution in [-0.4, -0.2) is 40.7 Å². The van der Waals surface area contributed by atoms with Crippen LogP contribution in [0.5, 0.6) is 0 Å². The molecule has 0 heterocycles. The van der Waals surface area contributed by atoms with Crippen LogP contribution in [0.4, 0.5) is 0 Å². The van der Waals surface area contributed by atoms with Crippen LogP contribution in [0.3, 0.4) is 0 Å². The Morgan fingerprint density at radius 2 is 1.00 bits per heavy atom. The van der Waals surface area contributed by atoms with Crippen molar-refractivity contribution in [2.24, 2.45) is 0 Å². The summed E-state index contributed by atoms with van der Waals surface area (Å²) >= 11 is 5.26. The quantitative estimate of drug-likeness (QED) is 0.319. The lowest BCUT2D eigenvalue weighted by molar-refractivity contribution is 0.0544. The maximum Gasteiger partial charge on any atom is 0.514 e. The van der Waals surface area contributed by atoms with Gasteiger partial charge in [-0.2, -0.15) is 12.6 Å². The van der Waals surface area contributed by atoms with Gasteiger partial charge in [0, 0.05) is 19.8 Å². The Kier molecular flexibility index (Phi) is 11.6. The summed E-state index contributed by atoms with van der Waals surface area (Å²) in [5.41, 5.74) is 0. The number of rotatable bonds is 14.